The van der Waals surface area contributed by atoms with E-state index < -0.39 is 20.0 Å². The molecule has 0 aliphatic carbocycles. The van der Waals surface area contributed by atoms with Crippen molar-refractivity contribution in [1.82, 2.24) is 8.61 Å². The Morgan fingerprint density at radius 2 is 1.65 bits per heavy atom. The van der Waals surface area contributed by atoms with Gasteiger partial charge >= 0.3 is 0 Å². The van der Waals surface area contributed by atoms with Crippen LogP contribution in [-0.2, 0) is 24.8 Å². The lowest BCUT2D eigenvalue weighted by molar-refractivity contribution is 0.322. The molecule has 1 saturated heterocycles. The summed E-state index contributed by atoms with van der Waals surface area (Å²) in [5.41, 5.74) is 0. The van der Waals surface area contributed by atoms with E-state index in [-0.39, 0.29) is 25.7 Å². The first kappa shape index (κ1) is 14.8. The summed E-state index contributed by atoms with van der Waals surface area (Å²) in [6, 6.07) is 0. The number of epoxide rings is 1. The van der Waals surface area contributed by atoms with E-state index in [0.29, 0.717) is 6.61 Å². The fraction of sp³-hybridized carbons (Fsp3) is 1.00. The largest absolute Gasteiger partial charge is 0.372 e. The third kappa shape index (κ3) is 5.30. The van der Waals surface area contributed by atoms with Gasteiger partial charge in [0.25, 0.3) is 0 Å². The first-order valence-electron chi connectivity index (χ1n) is 5.09. The lowest BCUT2D eigenvalue weighted by atomic mass is 10.4. The zero-order valence-corrected chi connectivity index (χ0v) is 11.8. The predicted molar refractivity (Wildman–Crippen MR) is 63.6 cm³/mol. The van der Waals surface area contributed by atoms with Crippen molar-refractivity contribution < 1.29 is 21.6 Å². The molecule has 17 heavy (non-hydrogen) atoms. The molecule has 1 atom stereocenters. The minimum atomic E-state index is -3.33. The van der Waals surface area contributed by atoms with E-state index >= 15 is 0 Å². The summed E-state index contributed by atoms with van der Waals surface area (Å²) in [5, 5.41) is 0. The van der Waals surface area contributed by atoms with E-state index in [9.17, 15) is 16.8 Å². The molecular weight excluding hydrogens is 268 g/mol. The Morgan fingerprint density at radius 1 is 1.12 bits per heavy atom. The third-order valence-corrected chi connectivity index (χ3v) is 5.09. The van der Waals surface area contributed by atoms with Gasteiger partial charge in [0.2, 0.25) is 20.0 Å². The zero-order chi connectivity index (χ0) is 13.3. The summed E-state index contributed by atoms with van der Waals surface area (Å²) in [5.74, 6) is 0. The van der Waals surface area contributed by atoms with E-state index in [1.807, 2.05) is 0 Å². The quantitative estimate of drug-likeness (QED) is 0.534. The Labute approximate surface area is 102 Å². The van der Waals surface area contributed by atoms with Gasteiger partial charge in [-0.2, -0.15) is 4.31 Å². The highest BCUT2D eigenvalue weighted by atomic mass is 32.2. The van der Waals surface area contributed by atoms with Crippen molar-refractivity contribution in [3.05, 3.63) is 0 Å². The highest BCUT2D eigenvalue weighted by Gasteiger charge is 2.29. The Hall–Kier alpha value is -0.220. The summed E-state index contributed by atoms with van der Waals surface area (Å²) in [6.07, 6.45) is 2.14. The van der Waals surface area contributed by atoms with E-state index in [1.54, 1.807) is 0 Å². The molecule has 1 aliphatic heterocycles. The van der Waals surface area contributed by atoms with Gasteiger partial charge in [0.1, 0.15) is 0 Å². The van der Waals surface area contributed by atoms with E-state index in [0.717, 1.165) is 16.8 Å². The number of hydrogen-bond acceptors (Lipinski definition) is 5. The van der Waals surface area contributed by atoms with Gasteiger partial charge in [-0.05, 0) is 0 Å². The summed E-state index contributed by atoms with van der Waals surface area (Å²) < 4.78 is 52.6. The molecule has 9 heteroatoms. The maximum absolute atomic E-state index is 11.5. The standard InChI is InChI=1S/C8H18N2O5S2/c1-9(16(2,11)12)4-5-10(17(3,13)14)6-8-7-15-8/h8H,4-7H2,1-3H3. The van der Waals surface area contributed by atoms with Crippen LogP contribution in [0.1, 0.15) is 0 Å². The molecule has 1 fully saturated rings. The molecular formula is C8H18N2O5S2. The minimum absolute atomic E-state index is 0.0479. The van der Waals surface area contributed by atoms with Gasteiger partial charge in [0.15, 0.2) is 0 Å². The van der Waals surface area contributed by atoms with Gasteiger partial charge in [0, 0.05) is 26.7 Å². The molecule has 1 unspecified atom stereocenters. The van der Waals surface area contributed by atoms with Crippen molar-refractivity contribution in [3.63, 3.8) is 0 Å². The fourth-order valence-electron chi connectivity index (χ4n) is 1.21. The summed E-state index contributed by atoms with van der Waals surface area (Å²) in [4.78, 5) is 0. The SMILES string of the molecule is CN(CCN(CC1CO1)S(C)(=O)=O)S(C)(=O)=O. The Kier molecular flexibility index (Phi) is 4.53. The van der Waals surface area contributed by atoms with Crippen LogP contribution in [0, 0.1) is 0 Å². The topological polar surface area (TPSA) is 87.3 Å². The average molecular weight is 286 g/mol. The van der Waals surface area contributed by atoms with Crippen molar-refractivity contribution >= 4 is 20.0 Å². The third-order valence-electron chi connectivity index (χ3n) is 2.51. The number of ether oxygens (including phenoxy) is 1. The molecule has 0 aromatic rings. The smallest absolute Gasteiger partial charge is 0.211 e. The van der Waals surface area contributed by atoms with Crippen LogP contribution in [0.25, 0.3) is 0 Å². The Morgan fingerprint density at radius 3 is 2.00 bits per heavy atom. The second-order valence-corrected chi connectivity index (χ2v) is 8.23. The second kappa shape index (κ2) is 5.19. The van der Waals surface area contributed by atoms with Crippen LogP contribution < -0.4 is 0 Å². The maximum atomic E-state index is 11.5. The first-order chi connectivity index (χ1) is 7.60. The Balaban J connectivity index is 2.55. The highest BCUT2D eigenvalue weighted by molar-refractivity contribution is 7.88. The number of likely N-dealkylation sites (N-methyl/N-ethyl adjacent to an activating group) is 1. The van der Waals surface area contributed by atoms with Crippen LogP contribution in [-0.4, -0.2) is 77.4 Å². The van der Waals surface area contributed by atoms with Crippen LogP contribution in [0.15, 0.2) is 0 Å². The summed E-state index contributed by atoms with van der Waals surface area (Å²) in [6.45, 7) is 1.13. The van der Waals surface area contributed by atoms with Crippen LogP contribution in [0.3, 0.4) is 0 Å². The Bertz CT molecular complexity index is 454. The van der Waals surface area contributed by atoms with E-state index in [4.69, 9.17) is 4.74 Å². The van der Waals surface area contributed by atoms with Crippen LogP contribution >= 0.6 is 0 Å². The van der Waals surface area contributed by atoms with Gasteiger partial charge < -0.3 is 4.74 Å². The van der Waals surface area contributed by atoms with Crippen LogP contribution in [0.4, 0.5) is 0 Å². The fourth-order valence-corrected chi connectivity index (χ4v) is 2.47. The summed E-state index contributed by atoms with van der Waals surface area (Å²) in [7, 11) is -5.19. The lowest BCUT2D eigenvalue weighted by Gasteiger charge is -2.22. The number of rotatable bonds is 7. The number of nitrogens with zero attached hydrogens (tertiary/aromatic N) is 2. The average Bonchev–Trinajstić information content (AvgIpc) is 2.91. The molecule has 1 rings (SSSR count). The molecule has 0 radical (unpaired) electrons. The van der Waals surface area contributed by atoms with Crippen molar-refractivity contribution in [2.24, 2.45) is 0 Å². The molecule has 0 spiro atoms. The molecule has 7 nitrogen and oxygen atoms in total. The molecule has 0 bridgehead atoms. The molecule has 0 aromatic heterocycles. The van der Waals surface area contributed by atoms with Crippen molar-refractivity contribution in [2.75, 3.05) is 45.8 Å². The normalized spacial score (nSPS) is 21.1. The maximum Gasteiger partial charge on any atom is 0.211 e. The molecule has 0 saturated carbocycles. The molecule has 102 valence electrons. The molecule has 0 aromatic carbocycles. The van der Waals surface area contributed by atoms with Crippen molar-refractivity contribution in [3.8, 4) is 0 Å². The molecule has 0 amide bonds. The van der Waals surface area contributed by atoms with E-state index in [1.165, 1.54) is 11.4 Å². The van der Waals surface area contributed by atoms with E-state index in [2.05, 4.69) is 0 Å². The monoisotopic (exact) mass is 286 g/mol. The lowest BCUT2D eigenvalue weighted by Crippen LogP contribution is -2.40. The van der Waals surface area contributed by atoms with Gasteiger partial charge in [0.05, 0.1) is 25.2 Å². The number of sulfonamides is 2. The second-order valence-electron chi connectivity index (χ2n) is 4.16. The van der Waals surface area contributed by atoms with Gasteiger partial charge in [-0.3, -0.25) is 0 Å². The van der Waals surface area contributed by atoms with Crippen molar-refractivity contribution in [2.45, 2.75) is 6.10 Å². The number of hydrogen-bond donors (Lipinski definition) is 0. The molecule has 0 N–H and O–H groups in total. The van der Waals surface area contributed by atoms with Crippen molar-refractivity contribution in [1.29, 1.82) is 0 Å². The van der Waals surface area contributed by atoms with Crippen LogP contribution in [0.5, 0.6) is 0 Å². The minimum Gasteiger partial charge on any atom is -0.372 e. The first-order valence-corrected chi connectivity index (χ1v) is 8.78. The van der Waals surface area contributed by atoms with Gasteiger partial charge in [-0.15, -0.1) is 0 Å². The van der Waals surface area contributed by atoms with Gasteiger partial charge in [-0.1, -0.05) is 0 Å². The zero-order valence-electron chi connectivity index (χ0n) is 10.2. The highest BCUT2D eigenvalue weighted by Crippen LogP contribution is 2.13. The molecule has 1 aliphatic rings. The van der Waals surface area contributed by atoms with Gasteiger partial charge in [-0.25, -0.2) is 21.1 Å². The van der Waals surface area contributed by atoms with Crippen LogP contribution in [0.2, 0.25) is 0 Å². The molecule has 1 heterocycles. The summed E-state index contributed by atoms with van der Waals surface area (Å²) >= 11 is 0. The predicted octanol–water partition coefficient (Wildman–Crippen LogP) is -1.46.